The van der Waals surface area contributed by atoms with E-state index in [0.29, 0.717) is 11.1 Å². The highest BCUT2D eigenvalue weighted by Gasteiger charge is 2.14. The van der Waals surface area contributed by atoms with E-state index in [-0.39, 0.29) is 11.3 Å². The van der Waals surface area contributed by atoms with Crippen molar-refractivity contribution in [1.29, 1.82) is 0 Å². The van der Waals surface area contributed by atoms with Gasteiger partial charge in [-0.3, -0.25) is 4.79 Å². The third-order valence-electron chi connectivity index (χ3n) is 3.23. The Bertz CT molecular complexity index is 800. The predicted octanol–water partition coefficient (Wildman–Crippen LogP) is 3.10. The molecule has 0 amide bonds. The van der Waals surface area contributed by atoms with Gasteiger partial charge < -0.3 is 10.1 Å². The summed E-state index contributed by atoms with van der Waals surface area (Å²) in [5.41, 5.74) is 2.13. The standard InChI is InChI=1S/C16H11NO3/c18-15(10-5-7-11(8-6-10)16(19)20)13-9-17-14-4-2-1-3-12(13)14/h1-9,17H,(H,19,20). The zero-order chi connectivity index (χ0) is 14.1. The van der Waals surface area contributed by atoms with Crippen molar-refractivity contribution in [3.05, 3.63) is 71.4 Å². The number of benzene rings is 2. The van der Waals surface area contributed by atoms with E-state index < -0.39 is 5.97 Å². The van der Waals surface area contributed by atoms with Gasteiger partial charge in [-0.15, -0.1) is 0 Å². The summed E-state index contributed by atoms with van der Waals surface area (Å²) >= 11 is 0. The lowest BCUT2D eigenvalue weighted by atomic mass is 10.0. The van der Waals surface area contributed by atoms with Gasteiger partial charge in [-0.1, -0.05) is 30.3 Å². The molecule has 0 spiro atoms. The van der Waals surface area contributed by atoms with Crippen LogP contribution >= 0.6 is 0 Å². The molecule has 4 heteroatoms. The molecule has 2 aromatic carbocycles. The Morgan fingerprint density at radius 3 is 2.25 bits per heavy atom. The summed E-state index contributed by atoms with van der Waals surface area (Å²) < 4.78 is 0. The number of hydrogen-bond donors (Lipinski definition) is 2. The summed E-state index contributed by atoms with van der Waals surface area (Å²) in [7, 11) is 0. The van der Waals surface area contributed by atoms with E-state index in [1.54, 1.807) is 6.20 Å². The number of carbonyl (C=O) groups is 2. The van der Waals surface area contributed by atoms with Gasteiger partial charge >= 0.3 is 5.97 Å². The van der Waals surface area contributed by atoms with Gasteiger partial charge in [-0.2, -0.15) is 0 Å². The molecule has 3 rings (SSSR count). The number of rotatable bonds is 3. The zero-order valence-corrected chi connectivity index (χ0v) is 10.5. The lowest BCUT2D eigenvalue weighted by molar-refractivity contribution is 0.0696. The van der Waals surface area contributed by atoms with Crippen molar-refractivity contribution in [2.24, 2.45) is 0 Å². The summed E-state index contributed by atoms with van der Waals surface area (Å²) in [5.74, 6) is -1.13. The quantitative estimate of drug-likeness (QED) is 0.715. The van der Waals surface area contributed by atoms with Crippen LogP contribution in [0.4, 0.5) is 0 Å². The third kappa shape index (κ3) is 1.97. The van der Waals surface area contributed by atoms with E-state index in [2.05, 4.69) is 4.98 Å². The number of aromatic carboxylic acids is 1. The van der Waals surface area contributed by atoms with E-state index >= 15 is 0 Å². The van der Waals surface area contributed by atoms with Gasteiger partial charge in [-0.25, -0.2) is 4.79 Å². The minimum atomic E-state index is -1.00. The summed E-state index contributed by atoms with van der Waals surface area (Å²) in [6, 6.07) is 13.5. The van der Waals surface area contributed by atoms with Gasteiger partial charge in [0.25, 0.3) is 0 Å². The fraction of sp³-hybridized carbons (Fsp3) is 0. The molecule has 0 unspecified atom stereocenters. The SMILES string of the molecule is O=C(O)c1ccc(C(=O)c2c[nH]c3ccccc23)cc1. The first-order valence-electron chi connectivity index (χ1n) is 6.11. The molecule has 1 heterocycles. The van der Waals surface area contributed by atoms with Crippen LogP contribution in [-0.2, 0) is 0 Å². The maximum absolute atomic E-state index is 12.4. The van der Waals surface area contributed by atoms with Crippen molar-refractivity contribution in [3.8, 4) is 0 Å². The maximum atomic E-state index is 12.4. The first kappa shape index (κ1) is 12.2. The molecule has 1 aromatic heterocycles. The molecule has 3 aromatic rings. The van der Waals surface area contributed by atoms with Gasteiger partial charge in [0.1, 0.15) is 0 Å². The van der Waals surface area contributed by atoms with Crippen molar-refractivity contribution in [1.82, 2.24) is 4.98 Å². The average molecular weight is 265 g/mol. The molecule has 0 fully saturated rings. The highest BCUT2D eigenvalue weighted by molar-refractivity contribution is 6.16. The summed E-state index contributed by atoms with van der Waals surface area (Å²) in [4.78, 5) is 26.3. The topological polar surface area (TPSA) is 70.2 Å². The molecular weight excluding hydrogens is 254 g/mol. The largest absolute Gasteiger partial charge is 0.478 e. The number of fused-ring (bicyclic) bond motifs is 1. The first-order chi connectivity index (χ1) is 9.66. The fourth-order valence-corrected chi connectivity index (χ4v) is 2.18. The number of carboxylic acids is 1. The number of ketones is 1. The van der Waals surface area contributed by atoms with Crippen molar-refractivity contribution in [2.75, 3.05) is 0 Å². The van der Waals surface area contributed by atoms with Crippen LogP contribution in [0.25, 0.3) is 10.9 Å². The summed E-state index contributed by atoms with van der Waals surface area (Å²) in [5, 5.41) is 9.71. The van der Waals surface area contributed by atoms with Gasteiger partial charge in [0.05, 0.1) is 5.56 Å². The van der Waals surface area contributed by atoms with E-state index in [1.807, 2.05) is 24.3 Å². The number of H-pyrrole nitrogens is 1. The van der Waals surface area contributed by atoms with Crippen molar-refractivity contribution in [2.45, 2.75) is 0 Å². The van der Waals surface area contributed by atoms with Gasteiger partial charge in [0, 0.05) is 28.2 Å². The fourth-order valence-electron chi connectivity index (χ4n) is 2.18. The van der Waals surface area contributed by atoms with Crippen molar-refractivity contribution in [3.63, 3.8) is 0 Å². The number of hydrogen-bond acceptors (Lipinski definition) is 2. The van der Waals surface area contributed by atoms with Gasteiger partial charge in [0.2, 0.25) is 0 Å². The molecule has 2 N–H and O–H groups in total. The second-order valence-corrected chi connectivity index (χ2v) is 4.46. The van der Waals surface area contributed by atoms with E-state index in [1.165, 1.54) is 24.3 Å². The molecule has 0 aliphatic rings. The van der Waals surface area contributed by atoms with Crippen LogP contribution in [0.15, 0.2) is 54.7 Å². The highest BCUT2D eigenvalue weighted by atomic mass is 16.4. The Hall–Kier alpha value is -2.88. The molecule has 0 saturated carbocycles. The Labute approximate surface area is 114 Å². The summed E-state index contributed by atoms with van der Waals surface area (Å²) in [6.07, 6.45) is 1.68. The number of aromatic amines is 1. The Morgan fingerprint density at radius 2 is 1.55 bits per heavy atom. The number of carbonyl (C=O) groups excluding carboxylic acids is 1. The van der Waals surface area contributed by atoms with Crippen LogP contribution in [0.3, 0.4) is 0 Å². The predicted molar refractivity (Wildman–Crippen MR) is 75.1 cm³/mol. The van der Waals surface area contributed by atoms with E-state index in [4.69, 9.17) is 5.11 Å². The minimum Gasteiger partial charge on any atom is -0.478 e. The van der Waals surface area contributed by atoms with Crippen LogP contribution in [0.1, 0.15) is 26.3 Å². The molecule has 0 bridgehead atoms. The Kier molecular flexibility index (Phi) is 2.84. The van der Waals surface area contributed by atoms with Crippen LogP contribution in [0, 0.1) is 0 Å². The number of para-hydroxylation sites is 1. The molecule has 98 valence electrons. The second kappa shape index (κ2) is 4.66. The second-order valence-electron chi connectivity index (χ2n) is 4.46. The van der Waals surface area contributed by atoms with Crippen LogP contribution in [0.5, 0.6) is 0 Å². The molecule has 4 nitrogen and oxygen atoms in total. The molecule has 0 atom stereocenters. The lowest BCUT2D eigenvalue weighted by Crippen LogP contribution is -2.02. The van der Waals surface area contributed by atoms with Crippen LogP contribution in [0.2, 0.25) is 0 Å². The average Bonchev–Trinajstić information content (AvgIpc) is 2.90. The summed E-state index contributed by atoms with van der Waals surface area (Å²) in [6.45, 7) is 0. The van der Waals surface area contributed by atoms with Crippen LogP contribution < -0.4 is 0 Å². The van der Waals surface area contributed by atoms with E-state index in [0.717, 1.165) is 10.9 Å². The Balaban J connectivity index is 2.02. The number of carboxylic acid groups (broad SMARTS) is 1. The third-order valence-corrected chi connectivity index (χ3v) is 3.23. The Morgan fingerprint density at radius 1 is 0.900 bits per heavy atom. The maximum Gasteiger partial charge on any atom is 0.335 e. The lowest BCUT2D eigenvalue weighted by Gasteiger charge is -2.00. The molecular formula is C16H11NO3. The smallest absolute Gasteiger partial charge is 0.335 e. The molecule has 20 heavy (non-hydrogen) atoms. The molecule has 0 aliphatic heterocycles. The zero-order valence-electron chi connectivity index (χ0n) is 10.5. The number of aromatic nitrogens is 1. The highest BCUT2D eigenvalue weighted by Crippen LogP contribution is 2.21. The van der Waals surface area contributed by atoms with Crippen LogP contribution in [-0.4, -0.2) is 21.8 Å². The van der Waals surface area contributed by atoms with Crippen molar-refractivity contribution < 1.29 is 14.7 Å². The molecule has 0 radical (unpaired) electrons. The number of nitrogens with one attached hydrogen (secondary N) is 1. The van der Waals surface area contributed by atoms with E-state index in [9.17, 15) is 9.59 Å². The van der Waals surface area contributed by atoms with Gasteiger partial charge in [-0.05, 0) is 18.2 Å². The first-order valence-corrected chi connectivity index (χ1v) is 6.11. The molecule has 0 saturated heterocycles. The van der Waals surface area contributed by atoms with Gasteiger partial charge in [0.15, 0.2) is 5.78 Å². The minimum absolute atomic E-state index is 0.126. The molecule has 0 aliphatic carbocycles. The normalized spacial score (nSPS) is 10.6. The van der Waals surface area contributed by atoms with Crippen molar-refractivity contribution >= 4 is 22.7 Å². The monoisotopic (exact) mass is 265 g/mol.